The van der Waals surface area contributed by atoms with E-state index in [-0.39, 0.29) is 6.61 Å². The predicted octanol–water partition coefficient (Wildman–Crippen LogP) is 3.45. The molecule has 0 aliphatic rings. The summed E-state index contributed by atoms with van der Waals surface area (Å²) in [5.41, 5.74) is 1.87. The van der Waals surface area contributed by atoms with Crippen LogP contribution in [-0.2, 0) is 27.3 Å². The van der Waals surface area contributed by atoms with Crippen molar-refractivity contribution < 1.29 is 22.1 Å². The predicted molar refractivity (Wildman–Crippen MR) is 93.3 cm³/mol. The quantitative estimate of drug-likeness (QED) is 0.666. The Morgan fingerprint density at radius 2 is 1.71 bits per heavy atom. The fraction of sp³-hybridized carbons (Fsp3) is 0.294. The van der Waals surface area contributed by atoms with Crippen LogP contribution in [0.4, 0.5) is 0 Å². The van der Waals surface area contributed by atoms with Crippen LogP contribution in [0.15, 0.2) is 42.5 Å². The maximum absolute atomic E-state index is 10.9. The minimum absolute atomic E-state index is 0.0845. The zero-order chi connectivity index (χ0) is 17.6. The highest BCUT2D eigenvalue weighted by Gasteiger charge is 2.06. The third-order valence-corrected chi connectivity index (χ3v) is 4.13. The lowest BCUT2D eigenvalue weighted by Crippen LogP contribution is -2.06. The Labute approximate surface area is 147 Å². The lowest BCUT2D eigenvalue weighted by atomic mass is 10.1. The van der Waals surface area contributed by atoms with E-state index < -0.39 is 10.1 Å². The van der Waals surface area contributed by atoms with Gasteiger partial charge < -0.3 is 9.47 Å². The van der Waals surface area contributed by atoms with Crippen LogP contribution in [0.2, 0.25) is 5.02 Å². The summed E-state index contributed by atoms with van der Waals surface area (Å²) in [4.78, 5) is 0. The van der Waals surface area contributed by atoms with Crippen LogP contribution in [0.3, 0.4) is 0 Å². The van der Waals surface area contributed by atoms with E-state index in [1.807, 2.05) is 30.3 Å². The molecular formula is C17H19ClO5S. The molecule has 0 spiro atoms. The molecule has 0 bridgehead atoms. The first-order valence-corrected chi connectivity index (χ1v) is 9.45. The third kappa shape index (κ3) is 6.03. The summed E-state index contributed by atoms with van der Waals surface area (Å²) in [6.45, 7) is 0.474. The van der Waals surface area contributed by atoms with E-state index in [0.717, 1.165) is 23.1 Å². The van der Waals surface area contributed by atoms with Crippen molar-refractivity contribution in [2.75, 3.05) is 20.0 Å². The van der Waals surface area contributed by atoms with Crippen LogP contribution in [0.5, 0.6) is 11.5 Å². The molecule has 0 heterocycles. The molecule has 0 aromatic heterocycles. The average molecular weight is 371 g/mol. The molecule has 0 aliphatic heterocycles. The molecule has 0 aliphatic carbocycles. The Bertz CT molecular complexity index is 772. The van der Waals surface area contributed by atoms with E-state index in [4.69, 9.17) is 25.3 Å². The molecule has 0 fully saturated rings. The molecule has 130 valence electrons. The highest BCUT2D eigenvalue weighted by molar-refractivity contribution is 7.85. The van der Waals surface area contributed by atoms with Crippen LogP contribution in [-0.4, -0.2) is 28.4 Å². The number of ether oxygens (including phenoxy) is 2. The zero-order valence-electron chi connectivity index (χ0n) is 13.5. The van der Waals surface area contributed by atoms with E-state index in [2.05, 4.69) is 0 Å². The number of benzene rings is 2. The normalized spacial score (nSPS) is 11.3. The highest BCUT2D eigenvalue weighted by atomic mass is 35.5. The molecule has 0 N–H and O–H groups in total. The van der Waals surface area contributed by atoms with Crippen molar-refractivity contribution in [3.8, 4) is 11.5 Å². The summed E-state index contributed by atoms with van der Waals surface area (Å²) < 4.78 is 37.4. The van der Waals surface area contributed by atoms with Gasteiger partial charge in [0.1, 0.15) is 18.1 Å². The molecule has 0 unspecified atom stereocenters. The number of methoxy groups -OCH3 is 1. The van der Waals surface area contributed by atoms with Gasteiger partial charge in [-0.1, -0.05) is 29.8 Å². The first-order valence-electron chi connectivity index (χ1n) is 7.26. The van der Waals surface area contributed by atoms with Gasteiger partial charge in [-0.05, 0) is 41.8 Å². The van der Waals surface area contributed by atoms with Crippen molar-refractivity contribution >= 4 is 21.7 Å². The summed E-state index contributed by atoms with van der Waals surface area (Å²) in [6, 6.07) is 12.9. The van der Waals surface area contributed by atoms with Gasteiger partial charge in [0.05, 0.1) is 25.0 Å². The third-order valence-electron chi connectivity index (χ3n) is 3.24. The molecule has 7 heteroatoms. The maximum atomic E-state index is 10.9. The Kier molecular flexibility index (Phi) is 6.48. The lowest BCUT2D eigenvalue weighted by Gasteiger charge is -2.10. The van der Waals surface area contributed by atoms with Crippen LogP contribution >= 0.6 is 11.6 Å². The molecule has 0 saturated heterocycles. The van der Waals surface area contributed by atoms with Gasteiger partial charge in [-0.2, -0.15) is 8.42 Å². The molecular weight excluding hydrogens is 352 g/mol. The Morgan fingerprint density at radius 1 is 1.04 bits per heavy atom. The van der Waals surface area contributed by atoms with E-state index in [1.165, 1.54) is 0 Å². The van der Waals surface area contributed by atoms with Gasteiger partial charge in [0.25, 0.3) is 10.1 Å². The molecule has 0 amide bonds. The second-order valence-corrected chi connectivity index (χ2v) is 7.23. The highest BCUT2D eigenvalue weighted by Crippen LogP contribution is 2.26. The second-order valence-electron chi connectivity index (χ2n) is 5.18. The number of halogens is 1. The molecule has 2 aromatic rings. The van der Waals surface area contributed by atoms with Gasteiger partial charge in [-0.15, -0.1) is 0 Å². The van der Waals surface area contributed by atoms with Crippen LogP contribution in [0, 0.1) is 0 Å². The fourth-order valence-electron chi connectivity index (χ4n) is 2.01. The molecule has 2 rings (SSSR count). The van der Waals surface area contributed by atoms with E-state index in [1.54, 1.807) is 19.2 Å². The molecule has 0 saturated carbocycles. The SMILES string of the molecule is COc1ccc(COc2ccc(CCOS(C)(=O)=O)cc2Cl)cc1. The summed E-state index contributed by atoms with van der Waals surface area (Å²) >= 11 is 6.21. The lowest BCUT2D eigenvalue weighted by molar-refractivity contribution is 0.305. The van der Waals surface area contributed by atoms with Crippen molar-refractivity contribution in [2.24, 2.45) is 0 Å². The van der Waals surface area contributed by atoms with Crippen LogP contribution in [0.1, 0.15) is 11.1 Å². The molecule has 5 nitrogen and oxygen atoms in total. The van der Waals surface area contributed by atoms with Crippen molar-refractivity contribution in [1.29, 1.82) is 0 Å². The molecule has 0 radical (unpaired) electrons. The Hall–Kier alpha value is -1.76. The van der Waals surface area contributed by atoms with Gasteiger partial charge >= 0.3 is 0 Å². The summed E-state index contributed by atoms with van der Waals surface area (Å²) in [5.74, 6) is 1.36. The Balaban J connectivity index is 1.91. The van der Waals surface area contributed by atoms with Crippen molar-refractivity contribution in [1.82, 2.24) is 0 Å². The van der Waals surface area contributed by atoms with Gasteiger partial charge in [-0.3, -0.25) is 4.18 Å². The van der Waals surface area contributed by atoms with Gasteiger partial charge in [0, 0.05) is 0 Å². The van der Waals surface area contributed by atoms with E-state index in [0.29, 0.717) is 23.8 Å². The van der Waals surface area contributed by atoms with Crippen LogP contribution in [0.25, 0.3) is 0 Å². The van der Waals surface area contributed by atoms with E-state index in [9.17, 15) is 8.42 Å². The number of rotatable bonds is 8. The van der Waals surface area contributed by atoms with Crippen molar-refractivity contribution in [2.45, 2.75) is 13.0 Å². The first-order chi connectivity index (χ1) is 11.4. The molecule has 24 heavy (non-hydrogen) atoms. The summed E-state index contributed by atoms with van der Waals surface area (Å²) in [5, 5.41) is 0.473. The van der Waals surface area contributed by atoms with Gasteiger partial charge in [-0.25, -0.2) is 0 Å². The number of hydrogen-bond acceptors (Lipinski definition) is 5. The summed E-state index contributed by atoms with van der Waals surface area (Å²) in [7, 11) is -1.80. The zero-order valence-corrected chi connectivity index (χ0v) is 15.1. The Morgan fingerprint density at radius 3 is 2.29 bits per heavy atom. The maximum Gasteiger partial charge on any atom is 0.264 e. The van der Waals surface area contributed by atoms with E-state index >= 15 is 0 Å². The van der Waals surface area contributed by atoms with Crippen molar-refractivity contribution in [3.63, 3.8) is 0 Å². The average Bonchev–Trinajstić information content (AvgIpc) is 2.53. The smallest absolute Gasteiger partial charge is 0.264 e. The van der Waals surface area contributed by atoms with Gasteiger partial charge in [0.2, 0.25) is 0 Å². The van der Waals surface area contributed by atoms with Crippen LogP contribution < -0.4 is 9.47 Å². The van der Waals surface area contributed by atoms with Crippen molar-refractivity contribution in [3.05, 3.63) is 58.6 Å². The largest absolute Gasteiger partial charge is 0.497 e. The standard InChI is InChI=1S/C17H19ClO5S/c1-21-15-6-3-14(4-7-15)12-22-17-8-5-13(11-16(17)18)9-10-23-24(2,19)20/h3-8,11H,9-10,12H2,1-2H3. The first kappa shape index (κ1) is 18.6. The topological polar surface area (TPSA) is 61.8 Å². The molecule has 2 aromatic carbocycles. The number of hydrogen-bond donors (Lipinski definition) is 0. The fourth-order valence-corrected chi connectivity index (χ4v) is 2.65. The monoisotopic (exact) mass is 370 g/mol. The second kappa shape index (κ2) is 8.37. The molecule has 0 atom stereocenters. The minimum atomic E-state index is -3.42. The summed E-state index contributed by atoms with van der Waals surface area (Å²) in [6.07, 6.45) is 1.47. The minimum Gasteiger partial charge on any atom is -0.497 e. The van der Waals surface area contributed by atoms with Gasteiger partial charge in [0.15, 0.2) is 0 Å².